The summed E-state index contributed by atoms with van der Waals surface area (Å²) in [6, 6.07) is 15.2. The van der Waals surface area contributed by atoms with E-state index in [1.54, 1.807) is 16.7 Å². The summed E-state index contributed by atoms with van der Waals surface area (Å²) in [5.41, 5.74) is 2.68. The number of amides is 1. The number of hydrogen-bond donors (Lipinski definition) is 1. The molecule has 2 atom stereocenters. The smallest absolute Gasteiger partial charge is 0.410 e. The van der Waals surface area contributed by atoms with Crippen molar-refractivity contribution in [2.45, 2.75) is 39.2 Å². The molecule has 0 bridgehead atoms. The summed E-state index contributed by atoms with van der Waals surface area (Å²) < 4.78 is 12.4. The Morgan fingerprint density at radius 1 is 1.17 bits per heavy atom. The second kappa shape index (κ2) is 10.4. The molecule has 1 aliphatic heterocycles. The molecule has 4 rings (SSSR count). The Labute approximate surface area is 210 Å². The SMILES string of the molecule is COc1cccc(-c2cn(-c3cccc(C[C@H](C(=O)O)[C@H]4CCN(C(=O)OC(C)(C)C)C4)c3)nn2)c1. The van der Waals surface area contributed by atoms with Crippen molar-refractivity contribution in [3.63, 3.8) is 0 Å². The van der Waals surface area contributed by atoms with Crippen LogP contribution in [0.1, 0.15) is 32.8 Å². The van der Waals surface area contributed by atoms with Gasteiger partial charge in [0.15, 0.2) is 0 Å². The predicted molar refractivity (Wildman–Crippen MR) is 134 cm³/mol. The zero-order valence-corrected chi connectivity index (χ0v) is 21.0. The second-order valence-electron chi connectivity index (χ2n) is 10.1. The molecule has 1 fully saturated rings. The average Bonchev–Trinajstić information content (AvgIpc) is 3.52. The summed E-state index contributed by atoms with van der Waals surface area (Å²) in [7, 11) is 1.62. The fraction of sp³-hybridized carbons (Fsp3) is 0.407. The van der Waals surface area contributed by atoms with Crippen LogP contribution in [0.5, 0.6) is 5.75 Å². The third kappa shape index (κ3) is 6.02. The van der Waals surface area contributed by atoms with Gasteiger partial charge in [0.2, 0.25) is 0 Å². The lowest BCUT2D eigenvalue weighted by Crippen LogP contribution is -2.36. The summed E-state index contributed by atoms with van der Waals surface area (Å²) in [4.78, 5) is 26.2. The molecule has 1 aromatic heterocycles. The predicted octanol–water partition coefficient (Wildman–Crippen LogP) is 4.44. The largest absolute Gasteiger partial charge is 0.497 e. The normalized spacial score (nSPS) is 16.6. The number of aromatic nitrogens is 3. The molecule has 3 aromatic rings. The van der Waals surface area contributed by atoms with Gasteiger partial charge in [-0.2, -0.15) is 0 Å². The Bertz CT molecular complexity index is 1230. The molecule has 9 heteroatoms. The van der Waals surface area contributed by atoms with Gasteiger partial charge in [0.25, 0.3) is 0 Å². The second-order valence-corrected chi connectivity index (χ2v) is 10.1. The molecular formula is C27H32N4O5. The number of benzene rings is 2. The van der Waals surface area contributed by atoms with Crippen LogP contribution >= 0.6 is 0 Å². The van der Waals surface area contributed by atoms with E-state index in [2.05, 4.69) is 10.3 Å². The van der Waals surface area contributed by atoms with Crippen LogP contribution in [0.15, 0.2) is 54.7 Å². The van der Waals surface area contributed by atoms with Gasteiger partial charge in [-0.15, -0.1) is 5.10 Å². The van der Waals surface area contributed by atoms with Crippen LogP contribution in [0.3, 0.4) is 0 Å². The number of rotatable bonds is 7. The number of ether oxygens (including phenoxy) is 2. The lowest BCUT2D eigenvalue weighted by Gasteiger charge is -2.25. The zero-order valence-electron chi connectivity index (χ0n) is 21.0. The fourth-order valence-corrected chi connectivity index (χ4v) is 4.45. The van der Waals surface area contributed by atoms with Gasteiger partial charge in [0.1, 0.15) is 17.0 Å². The molecule has 0 unspecified atom stereocenters. The van der Waals surface area contributed by atoms with E-state index >= 15 is 0 Å². The van der Waals surface area contributed by atoms with Gasteiger partial charge >= 0.3 is 12.1 Å². The topological polar surface area (TPSA) is 107 Å². The molecule has 0 radical (unpaired) electrons. The average molecular weight is 493 g/mol. The molecule has 36 heavy (non-hydrogen) atoms. The van der Waals surface area contributed by atoms with Gasteiger partial charge in [-0.05, 0) is 69.4 Å². The number of methoxy groups -OCH3 is 1. The van der Waals surface area contributed by atoms with Crippen LogP contribution in [0.4, 0.5) is 4.79 Å². The zero-order chi connectivity index (χ0) is 25.9. The number of carbonyl (C=O) groups excluding carboxylic acids is 1. The van der Waals surface area contributed by atoms with Crippen LogP contribution in [-0.4, -0.2) is 62.9 Å². The Hall–Kier alpha value is -3.88. The van der Waals surface area contributed by atoms with E-state index in [0.717, 1.165) is 22.6 Å². The minimum atomic E-state index is -0.863. The number of aliphatic carboxylic acids is 1. The van der Waals surface area contributed by atoms with Crippen molar-refractivity contribution < 1.29 is 24.2 Å². The number of likely N-dealkylation sites (tertiary alicyclic amines) is 1. The van der Waals surface area contributed by atoms with Crippen molar-refractivity contribution >= 4 is 12.1 Å². The first kappa shape index (κ1) is 25.2. The molecule has 190 valence electrons. The Morgan fingerprint density at radius 3 is 2.67 bits per heavy atom. The molecule has 9 nitrogen and oxygen atoms in total. The lowest BCUT2D eigenvalue weighted by molar-refractivity contribution is -0.143. The number of carbonyl (C=O) groups is 2. The van der Waals surface area contributed by atoms with Crippen molar-refractivity contribution in [2.75, 3.05) is 20.2 Å². The van der Waals surface area contributed by atoms with Crippen LogP contribution in [0.2, 0.25) is 0 Å². The van der Waals surface area contributed by atoms with E-state index in [-0.39, 0.29) is 5.92 Å². The van der Waals surface area contributed by atoms with Gasteiger partial charge in [-0.25, -0.2) is 9.48 Å². The number of carboxylic acid groups (broad SMARTS) is 1. The molecule has 1 amide bonds. The van der Waals surface area contributed by atoms with Crippen molar-refractivity contribution in [2.24, 2.45) is 11.8 Å². The first-order valence-electron chi connectivity index (χ1n) is 12.0. The maximum atomic E-state index is 12.4. The third-order valence-corrected chi connectivity index (χ3v) is 6.25. The molecule has 2 heterocycles. The Balaban J connectivity index is 1.47. The first-order valence-corrected chi connectivity index (χ1v) is 12.0. The lowest BCUT2D eigenvalue weighted by atomic mass is 9.86. The van der Waals surface area contributed by atoms with E-state index in [0.29, 0.717) is 31.6 Å². The number of hydrogen-bond acceptors (Lipinski definition) is 6. The van der Waals surface area contributed by atoms with Crippen molar-refractivity contribution in [1.29, 1.82) is 0 Å². The fourth-order valence-electron chi connectivity index (χ4n) is 4.45. The minimum absolute atomic E-state index is 0.148. The van der Waals surface area contributed by atoms with E-state index in [1.165, 1.54) is 0 Å². The van der Waals surface area contributed by atoms with E-state index in [1.807, 2.05) is 75.5 Å². The van der Waals surface area contributed by atoms with Gasteiger partial charge in [0, 0.05) is 18.7 Å². The highest BCUT2D eigenvalue weighted by atomic mass is 16.6. The molecule has 0 saturated carbocycles. The quantitative estimate of drug-likeness (QED) is 0.519. The summed E-state index contributed by atoms with van der Waals surface area (Å²) >= 11 is 0. The van der Waals surface area contributed by atoms with Crippen LogP contribution in [-0.2, 0) is 16.0 Å². The summed E-state index contributed by atoms with van der Waals surface area (Å²) in [6.07, 6.45) is 2.42. The minimum Gasteiger partial charge on any atom is -0.497 e. The first-order chi connectivity index (χ1) is 17.1. The molecule has 1 saturated heterocycles. The standard InChI is InChI=1S/C27H32N4O5/c1-27(2,3)36-26(34)30-12-11-20(16-30)23(25(32)33)14-18-7-5-9-21(13-18)31-17-24(28-29-31)19-8-6-10-22(15-19)35-4/h5-10,13,15,17,20,23H,11-12,14,16H2,1-4H3,(H,32,33)/t20-,23-/m0/s1. The van der Waals surface area contributed by atoms with E-state index in [9.17, 15) is 14.7 Å². The van der Waals surface area contributed by atoms with Crippen LogP contribution in [0.25, 0.3) is 16.9 Å². The van der Waals surface area contributed by atoms with Gasteiger partial charge in [-0.1, -0.05) is 29.5 Å². The van der Waals surface area contributed by atoms with Crippen molar-refractivity contribution in [3.8, 4) is 22.7 Å². The Kier molecular flexibility index (Phi) is 7.28. The number of carboxylic acids is 1. The maximum Gasteiger partial charge on any atom is 0.410 e. The Morgan fingerprint density at radius 2 is 1.94 bits per heavy atom. The van der Waals surface area contributed by atoms with Gasteiger partial charge in [-0.3, -0.25) is 4.79 Å². The molecule has 0 aliphatic carbocycles. The molecule has 0 spiro atoms. The molecule has 1 aliphatic rings. The van der Waals surface area contributed by atoms with Crippen molar-refractivity contribution in [3.05, 3.63) is 60.3 Å². The molecule has 2 aromatic carbocycles. The highest BCUT2D eigenvalue weighted by molar-refractivity contribution is 5.72. The molecular weight excluding hydrogens is 460 g/mol. The third-order valence-electron chi connectivity index (χ3n) is 6.25. The van der Waals surface area contributed by atoms with E-state index in [4.69, 9.17) is 9.47 Å². The van der Waals surface area contributed by atoms with E-state index < -0.39 is 23.6 Å². The van der Waals surface area contributed by atoms with Gasteiger partial charge < -0.3 is 19.5 Å². The van der Waals surface area contributed by atoms with Crippen LogP contribution < -0.4 is 4.74 Å². The maximum absolute atomic E-state index is 12.4. The van der Waals surface area contributed by atoms with Gasteiger partial charge in [0.05, 0.1) is 24.9 Å². The monoisotopic (exact) mass is 492 g/mol. The van der Waals surface area contributed by atoms with Crippen LogP contribution in [0, 0.1) is 11.8 Å². The summed E-state index contributed by atoms with van der Waals surface area (Å²) in [6.45, 7) is 6.33. The number of nitrogens with zero attached hydrogens (tertiary/aromatic N) is 4. The highest BCUT2D eigenvalue weighted by Crippen LogP contribution is 2.29. The highest BCUT2D eigenvalue weighted by Gasteiger charge is 2.37. The van der Waals surface area contributed by atoms with Crippen molar-refractivity contribution in [1.82, 2.24) is 19.9 Å². The summed E-state index contributed by atoms with van der Waals surface area (Å²) in [5.74, 6) is -0.890. The molecule has 1 N–H and O–H groups in total. The summed E-state index contributed by atoms with van der Waals surface area (Å²) in [5, 5.41) is 18.5.